The largest absolute Gasteiger partial charge is 0.339 e. The summed E-state index contributed by atoms with van der Waals surface area (Å²) in [6.45, 7) is 6.02. The van der Waals surface area contributed by atoms with E-state index in [0.29, 0.717) is 0 Å². The summed E-state index contributed by atoms with van der Waals surface area (Å²) in [5.41, 5.74) is -0.763. The fourth-order valence-corrected chi connectivity index (χ4v) is 7.51. The minimum absolute atomic E-state index is 0.212. The summed E-state index contributed by atoms with van der Waals surface area (Å²) in [4.78, 5) is 11.0. The number of rotatable bonds is 4. The third-order valence-corrected chi connectivity index (χ3v) is 7.78. The van der Waals surface area contributed by atoms with Crippen LogP contribution in [0.1, 0.15) is 0 Å². The van der Waals surface area contributed by atoms with E-state index in [1.807, 2.05) is 0 Å². The lowest BCUT2D eigenvalue weighted by Crippen LogP contribution is -2.34. The van der Waals surface area contributed by atoms with E-state index >= 15 is 0 Å². The van der Waals surface area contributed by atoms with Gasteiger partial charge in [-0.3, -0.25) is 4.79 Å². The molecule has 0 aromatic rings. The first-order chi connectivity index (χ1) is 6.09. The molecule has 4 nitrogen and oxygen atoms in total. The van der Waals surface area contributed by atoms with E-state index in [9.17, 15) is 13.9 Å². The molecule has 0 fully saturated rings. The van der Waals surface area contributed by atoms with E-state index in [0.717, 1.165) is 0 Å². The maximum atomic E-state index is 11.8. The van der Waals surface area contributed by atoms with Crippen LogP contribution in [0.3, 0.4) is 0 Å². The van der Waals surface area contributed by atoms with Crippen LogP contribution in [-0.2, 0) is 13.9 Å². The molecule has 0 unspecified atom stereocenters. The quantitative estimate of drug-likeness (QED) is 0.619. The average molecular weight is 260 g/mol. The second-order valence-electron chi connectivity index (χ2n) is 3.94. The number of amides is 1. The van der Waals surface area contributed by atoms with Crippen molar-refractivity contribution in [3.63, 3.8) is 0 Å². The van der Waals surface area contributed by atoms with E-state index in [2.05, 4.69) is 5.32 Å². The Morgan fingerprint density at radius 1 is 1.21 bits per heavy atom. The average Bonchev–Trinajstić information content (AvgIpc) is 1.95. The van der Waals surface area contributed by atoms with Crippen LogP contribution in [0.4, 0.5) is 0 Å². The minimum atomic E-state index is -2.62. The zero-order valence-electron chi connectivity index (χ0n) is 8.78. The van der Waals surface area contributed by atoms with Gasteiger partial charge in [0.1, 0.15) is 25.7 Å². The van der Waals surface area contributed by atoms with E-state index in [-0.39, 0.29) is 5.88 Å². The topological polar surface area (TPSA) is 63.2 Å². The van der Waals surface area contributed by atoms with Crippen molar-refractivity contribution in [1.29, 1.82) is 0 Å². The maximum absolute atomic E-state index is 11.8. The van der Waals surface area contributed by atoms with Gasteiger partial charge in [-0.05, 0) is 26.7 Å². The van der Waals surface area contributed by atoms with Crippen LogP contribution in [-0.4, -0.2) is 44.0 Å². The summed E-state index contributed by atoms with van der Waals surface area (Å²) in [5.74, 6) is -0.652. The Balaban J connectivity index is 4.87. The molecule has 0 atom stereocenters. The van der Waals surface area contributed by atoms with Crippen LogP contribution in [0.25, 0.3) is 0 Å². The molecule has 0 heterocycles. The third-order valence-electron chi connectivity index (χ3n) is 1.59. The normalized spacial score (nSPS) is 13.0. The molecule has 0 aliphatic carbocycles. The Labute approximate surface area is 89.5 Å². The van der Waals surface area contributed by atoms with Crippen molar-refractivity contribution >= 4 is 31.8 Å². The molecular formula is C7H16ClNO3P2. The molecule has 0 aromatic carbocycles. The first kappa shape index (κ1) is 14.2. The van der Waals surface area contributed by atoms with Crippen LogP contribution in [0.2, 0.25) is 0 Å². The van der Waals surface area contributed by atoms with E-state index in [4.69, 9.17) is 11.6 Å². The Morgan fingerprint density at radius 2 is 1.57 bits per heavy atom. The highest BCUT2D eigenvalue weighted by Gasteiger charge is 2.34. The van der Waals surface area contributed by atoms with Gasteiger partial charge in [0.25, 0.3) is 0 Å². The highest BCUT2D eigenvalue weighted by Crippen LogP contribution is 2.59. The van der Waals surface area contributed by atoms with Crippen molar-refractivity contribution in [2.24, 2.45) is 0 Å². The Bertz CT molecular complexity index is 284. The summed E-state index contributed by atoms with van der Waals surface area (Å²) >= 11 is 5.30. The lowest BCUT2D eigenvalue weighted by molar-refractivity contribution is -0.118. The van der Waals surface area contributed by atoms with E-state index in [1.54, 1.807) is 0 Å². The summed E-state index contributed by atoms with van der Waals surface area (Å²) in [6, 6.07) is 0. The predicted molar refractivity (Wildman–Crippen MR) is 61.6 cm³/mol. The molecule has 84 valence electrons. The van der Waals surface area contributed by atoms with Gasteiger partial charge < -0.3 is 14.4 Å². The molecule has 7 heteroatoms. The van der Waals surface area contributed by atoms with Gasteiger partial charge >= 0.3 is 0 Å². The lowest BCUT2D eigenvalue weighted by atomic mass is 10.7. The summed E-state index contributed by atoms with van der Waals surface area (Å²) in [7, 11) is -5.24. The highest BCUT2D eigenvalue weighted by molar-refractivity contribution is 7.80. The van der Waals surface area contributed by atoms with Crippen molar-refractivity contribution in [2.75, 3.05) is 32.5 Å². The summed E-state index contributed by atoms with van der Waals surface area (Å²) in [6.07, 6.45) is 0. The van der Waals surface area contributed by atoms with E-state index < -0.39 is 25.7 Å². The van der Waals surface area contributed by atoms with Crippen molar-refractivity contribution in [2.45, 2.75) is 5.52 Å². The first-order valence-electron chi connectivity index (χ1n) is 4.03. The second-order valence-corrected chi connectivity index (χ2v) is 11.4. The third kappa shape index (κ3) is 4.63. The van der Waals surface area contributed by atoms with Gasteiger partial charge in [0.15, 0.2) is 0 Å². The van der Waals surface area contributed by atoms with Crippen molar-refractivity contribution < 1.29 is 13.9 Å². The molecule has 0 saturated carbocycles. The molecule has 0 rings (SSSR count). The minimum Gasteiger partial charge on any atom is -0.339 e. The molecule has 1 N–H and O–H groups in total. The Hall–Kier alpha value is 0.220. The molecule has 0 aliphatic rings. The van der Waals surface area contributed by atoms with Crippen LogP contribution in [0, 0.1) is 0 Å². The number of carbonyl (C=O) groups is 1. The zero-order valence-corrected chi connectivity index (χ0v) is 11.3. The molecule has 0 saturated heterocycles. The predicted octanol–water partition coefficient (Wildman–Crippen LogP) is 1.87. The number of nitrogens with one attached hydrogen (secondary N) is 1. The molecular weight excluding hydrogens is 243 g/mol. The standard InChI is InChI=1S/C7H16ClNO3P2/c1-13(2,11)7(14(3,4)12)9-6(10)5-8/h7H,5H2,1-4H3,(H,9,10). The lowest BCUT2D eigenvalue weighted by Gasteiger charge is -2.26. The number of carbonyl (C=O) groups excluding carboxylic acids is 1. The van der Waals surface area contributed by atoms with Gasteiger partial charge in [-0.25, -0.2) is 0 Å². The summed E-state index contributed by atoms with van der Waals surface area (Å²) < 4.78 is 23.6. The zero-order chi connectivity index (χ0) is 11.6. The molecule has 0 radical (unpaired) electrons. The number of hydrogen-bond donors (Lipinski definition) is 1. The van der Waals surface area contributed by atoms with E-state index in [1.165, 1.54) is 26.7 Å². The Kier molecular flexibility index (Phi) is 4.90. The fraction of sp³-hybridized carbons (Fsp3) is 0.857. The van der Waals surface area contributed by atoms with Gasteiger partial charge in [0.2, 0.25) is 5.91 Å². The molecule has 0 bridgehead atoms. The molecule has 1 amide bonds. The van der Waals surface area contributed by atoms with Crippen molar-refractivity contribution in [3.05, 3.63) is 0 Å². The maximum Gasteiger partial charge on any atom is 0.235 e. The van der Waals surface area contributed by atoms with Crippen LogP contribution in [0.15, 0.2) is 0 Å². The smallest absolute Gasteiger partial charge is 0.235 e. The highest BCUT2D eigenvalue weighted by atomic mass is 35.5. The first-order valence-corrected chi connectivity index (χ1v) is 9.91. The number of hydrogen-bond acceptors (Lipinski definition) is 3. The van der Waals surface area contributed by atoms with Gasteiger partial charge in [0, 0.05) is 0 Å². The van der Waals surface area contributed by atoms with Gasteiger partial charge in [-0.2, -0.15) is 0 Å². The van der Waals surface area contributed by atoms with Gasteiger partial charge in [-0.1, -0.05) is 0 Å². The number of alkyl halides is 1. The van der Waals surface area contributed by atoms with Crippen molar-refractivity contribution in [3.8, 4) is 0 Å². The second kappa shape index (κ2) is 4.83. The van der Waals surface area contributed by atoms with Gasteiger partial charge in [-0.15, -0.1) is 11.6 Å². The number of halogens is 1. The SMILES string of the molecule is CP(C)(=O)C(NC(=O)CCl)P(C)(C)=O. The molecule has 14 heavy (non-hydrogen) atoms. The van der Waals surface area contributed by atoms with Crippen molar-refractivity contribution in [1.82, 2.24) is 5.32 Å². The molecule has 0 aromatic heterocycles. The van der Waals surface area contributed by atoms with Crippen LogP contribution < -0.4 is 5.32 Å². The Morgan fingerprint density at radius 3 is 1.79 bits per heavy atom. The van der Waals surface area contributed by atoms with Gasteiger partial charge in [0.05, 0.1) is 0 Å². The monoisotopic (exact) mass is 259 g/mol. The molecule has 0 aliphatic heterocycles. The van der Waals surface area contributed by atoms with Crippen LogP contribution >= 0.6 is 25.9 Å². The fourth-order valence-electron chi connectivity index (χ4n) is 1.16. The summed E-state index contributed by atoms with van der Waals surface area (Å²) in [5, 5.41) is 2.45. The van der Waals surface area contributed by atoms with Crippen LogP contribution in [0.5, 0.6) is 0 Å². The molecule has 0 spiro atoms.